The molecule has 0 amide bonds. The summed E-state index contributed by atoms with van der Waals surface area (Å²) in [6, 6.07) is 0. The molecule has 1 unspecified atom stereocenters. The van der Waals surface area contributed by atoms with Crippen molar-refractivity contribution in [3.63, 3.8) is 0 Å². The minimum Gasteiger partial charge on any atom is -0.302 e. The number of phosphoric acid groups is 1. The highest BCUT2D eigenvalue weighted by Gasteiger charge is 2.19. The van der Waals surface area contributed by atoms with E-state index in [1.165, 1.54) is 64.2 Å². The van der Waals surface area contributed by atoms with Gasteiger partial charge in [-0.2, -0.15) is 0 Å². The van der Waals surface area contributed by atoms with Crippen molar-refractivity contribution >= 4 is 7.82 Å². The molecular formula is C18H39O4P. The van der Waals surface area contributed by atoms with Crippen LogP contribution in [0.2, 0.25) is 0 Å². The molecule has 1 N–H and O–H groups in total. The minimum atomic E-state index is -3.82. The summed E-state index contributed by atoms with van der Waals surface area (Å²) in [7, 11) is -3.82. The fraction of sp³-hybridized carbons (Fsp3) is 1.00. The summed E-state index contributed by atoms with van der Waals surface area (Å²) in [6.07, 6.45) is 16.3. The highest BCUT2D eigenvalue weighted by molar-refractivity contribution is 7.47. The second kappa shape index (κ2) is 17.0. The van der Waals surface area contributed by atoms with Gasteiger partial charge in [-0.1, -0.05) is 90.9 Å². The lowest BCUT2D eigenvalue weighted by atomic mass is 10.1. The van der Waals surface area contributed by atoms with Gasteiger partial charge in [0.1, 0.15) is 0 Å². The van der Waals surface area contributed by atoms with Crippen LogP contribution in [0.4, 0.5) is 0 Å². The lowest BCUT2D eigenvalue weighted by Gasteiger charge is -2.12. The first kappa shape index (κ1) is 23.1. The number of phosphoric ester groups is 1. The van der Waals surface area contributed by atoms with Crippen LogP contribution in [-0.4, -0.2) is 18.1 Å². The van der Waals surface area contributed by atoms with Crippen molar-refractivity contribution in [2.75, 3.05) is 13.2 Å². The van der Waals surface area contributed by atoms with Crippen LogP contribution in [0.3, 0.4) is 0 Å². The molecule has 0 radical (unpaired) electrons. The zero-order chi connectivity index (χ0) is 17.2. The Hall–Kier alpha value is 0.110. The van der Waals surface area contributed by atoms with Gasteiger partial charge in [-0.15, -0.1) is 0 Å². The zero-order valence-electron chi connectivity index (χ0n) is 15.4. The molecule has 0 aromatic carbocycles. The van der Waals surface area contributed by atoms with Gasteiger partial charge in [0.15, 0.2) is 0 Å². The Morgan fingerprint density at radius 3 is 1.26 bits per heavy atom. The first-order chi connectivity index (χ1) is 11.1. The lowest BCUT2D eigenvalue weighted by Crippen LogP contribution is -1.99. The Morgan fingerprint density at radius 1 is 0.609 bits per heavy atom. The Bertz CT molecular complexity index is 284. The lowest BCUT2D eigenvalue weighted by molar-refractivity contribution is 0.145. The Morgan fingerprint density at radius 2 is 0.913 bits per heavy atom. The van der Waals surface area contributed by atoms with E-state index < -0.39 is 7.82 Å². The molecule has 5 heteroatoms. The largest absolute Gasteiger partial charge is 0.472 e. The molecule has 1 atom stereocenters. The summed E-state index contributed by atoms with van der Waals surface area (Å²) >= 11 is 0. The van der Waals surface area contributed by atoms with Crippen molar-refractivity contribution in [1.82, 2.24) is 0 Å². The van der Waals surface area contributed by atoms with Crippen molar-refractivity contribution in [1.29, 1.82) is 0 Å². The molecule has 0 saturated heterocycles. The van der Waals surface area contributed by atoms with Crippen LogP contribution in [-0.2, 0) is 13.6 Å². The zero-order valence-corrected chi connectivity index (χ0v) is 16.3. The average molecular weight is 350 g/mol. The maximum atomic E-state index is 11.7. The predicted molar refractivity (Wildman–Crippen MR) is 97.7 cm³/mol. The van der Waals surface area contributed by atoms with E-state index in [4.69, 9.17) is 9.05 Å². The highest BCUT2D eigenvalue weighted by Crippen LogP contribution is 2.43. The quantitative estimate of drug-likeness (QED) is 0.223. The summed E-state index contributed by atoms with van der Waals surface area (Å²) < 4.78 is 21.7. The van der Waals surface area contributed by atoms with Gasteiger partial charge in [0.25, 0.3) is 0 Å². The van der Waals surface area contributed by atoms with Crippen LogP contribution in [0.15, 0.2) is 0 Å². The molecule has 23 heavy (non-hydrogen) atoms. The van der Waals surface area contributed by atoms with E-state index in [0.717, 1.165) is 25.7 Å². The molecule has 0 aliphatic carbocycles. The van der Waals surface area contributed by atoms with Crippen LogP contribution in [0.1, 0.15) is 104 Å². The van der Waals surface area contributed by atoms with Gasteiger partial charge in [0, 0.05) is 0 Å². The third-order valence-corrected chi connectivity index (χ3v) is 5.02. The first-order valence-corrected chi connectivity index (χ1v) is 11.2. The van der Waals surface area contributed by atoms with Gasteiger partial charge in [-0.3, -0.25) is 9.05 Å². The van der Waals surface area contributed by atoms with Gasteiger partial charge >= 0.3 is 7.82 Å². The van der Waals surface area contributed by atoms with E-state index in [-0.39, 0.29) is 0 Å². The summed E-state index contributed by atoms with van der Waals surface area (Å²) in [5.41, 5.74) is 0. The average Bonchev–Trinajstić information content (AvgIpc) is 2.52. The van der Waals surface area contributed by atoms with Gasteiger partial charge in [-0.25, -0.2) is 4.57 Å². The molecule has 0 aliphatic rings. The van der Waals surface area contributed by atoms with Gasteiger partial charge in [-0.05, 0) is 12.8 Å². The Kier molecular flexibility index (Phi) is 17.0. The van der Waals surface area contributed by atoms with Gasteiger partial charge in [0.05, 0.1) is 13.2 Å². The standard InChI is InChI=1S/C18H39O4P/c1-3-5-7-9-11-12-14-16-18-22-23(19,20)21-17-15-13-10-8-6-4-2/h3-18H2,1-2H3,(H,19,20). The highest BCUT2D eigenvalue weighted by atomic mass is 31.2. The number of rotatable bonds is 18. The van der Waals surface area contributed by atoms with Crippen molar-refractivity contribution in [2.45, 2.75) is 104 Å². The van der Waals surface area contributed by atoms with Crippen LogP contribution in [0, 0.1) is 0 Å². The number of unbranched alkanes of at least 4 members (excludes halogenated alkanes) is 12. The molecule has 0 aromatic heterocycles. The van der Waals surface area contributed by atoms with Crippen LogP contribution in [0.25, 0.3) is 0 Å². The molecule has 0 rings (SSSR count). The molecule has 0 spiro atoms. The molecule has 0 fully saturated rings. The van der Waals surface area contributed by atoms with Crippen molar-refractivity contribution < 1.29 is 18.5 Å². The van der Waals surface area contributed by atoms with E-state index in [1.807, 2.05) is 0 Å². The fourth-order valence-electron chi connectivity index (χ4n) is 2.52. The third kappa shape index (κ3) is 18.3. The second-order valence-corrected chi connectivity index (χ2v) is 7.83. The maximum absolute atomic E-state index is 11.7. The molecule has 4 nitrogen and oxygen atoms in total. The summed E-state index contributed by atoms with van der Waals surface area (Å²) in [5, 5.41) is 0. The van der Waals surface area contributed by atoms with E-state index in [1.54, 1.807) is 0 Å². The molecule has 0 aliphatic heterocycles. The molecule has 0 saturated carbocycles. The Balaban J connectivity index is 3.35. The van der Waals surface area contributed by atoms with E-state index in [9.17, 15) is 9.46 Å². The smallest absolute Gasteiger partial charge is 0.302 e. The summed E-state index contributed by atoms with van der Waals surface area (Å²) in [5.74, 6) is 0. The summed E-state index contributed by atoms with van der Waals surface area (Å²) in [6.45, 7) is 5.05. The van der Waals surface area contributed by atoms with Gasteiger partial charge < -0.3 is 4.89 Å². The maximum Gasteiger partial charge on any atom is 0.472 e. The summed E-state index contributed by atoms with van der Waals surface area (Å²) in [4.78, 5) is 9.57. The first-order valence-electron chi connectivity index (χ1n) is 9.74. The number of hydrogen-bond donors (Lipinski definition) is 1. The SMILES string of the molecule is CCCCCCCCCCOP(=O)(O)OCCCCCCCC. The normalized spacial score (nSPS) is 14.0. The molecule has 0 bridgehead atoms. The van der Waals surface area contributed by atoms with Crippen LogP contribution in [0.5, 0.6) is 0 Å². The second-order valence-electron chi connectivity index (χ2n) is 6.38. The Labute approximate surface area is 144 Å². The van der Waals surface area contributed by atoms with Crippen molar-refractivity contribution in [3.8, 4) is 0 Å². The minimum absolute atomic E-state index is 0.317. The topological polar surface area (TPSA) is 55.8 Å². The van der Waals surface area contributed by atoms with Gasteiger partial charge in [0.2, 0.25) is 0 Å². The third-order valence-electron chi connectivity index (χ3n) is 4.00. The van der Waals surface area contributed by atoms with Crippen molar-refractivity contribution in [3.05, 3.63) is 0 Å². The predicted octanol–water partition coefficient (Wildman–Crippen LogP) is 6.62. The molecule has 0 aromatic rings. The fourth-order valence-corrected chi connectivity index (χ4v) is 3.31. The van der Waals surface area contributed by atoms with Crippen LogP contribution >= 0.6 is 7.82 Å². The van der Waals surface area contributed by atoms with Crippen LogP contribution < -0.4 is 0 Å². The van der Waals surface area contributed by atoms with E-state index >= 15 is 0 Å². The van der Waals surface area contributed by atoms with Crippen molar-refractivity contribution in [2.24, 2.45) is 0 Å². The molecule has 140 valence electrons. The number of hydrogen-bond acceptors (Lipinski definition) is 3. The van der Waals surface area contributed by atoms with E-state index in [0.29, 0.717) is 13.2 Å². The monoisotopic (exact) mass is 350 g/mol. The van der Waals surface area contributed by atoms with E-state index in [2.05, 4.69) is 13.8 Å². The molecular weight excluding hydrogens is 311 g/mol. The molecule has 0 heterocycles.